The summed E-state index contributed by atoms with van der Waals surface area (Å²) in [4.78, 5) is 1.45. The van der Waals surface area contributed by atoms with E-state index >= 15 is 0 Å². The van der Waals surface area contributed by atoms with E-state index in [-0.39, 0.29) is 0 Å². The summed E-state index contributed by atoms with van der Waals surface area (Å²) < 4.78 is 0. The van der Waals surface area contributed by atoms with Gasteiger partial charge in [0.25, 0.3) is 0 Å². The van der Waals surface area contributed by atoms with E-state index in [2.05, 4.69) is 30.6 Å². The first kappa shape index (κ1) is 11.2. The summed E-state index contributed by atoms with van der Waals surface area (Å²) in [6, 6.07) is 3.11. The zero-order chi connectivity index (χ0) is 10.7. The molecule has 0 bridgehead atoms. The molecule has 2 unspecified atom stereocenters. The van der Waals surface area contributed by atoms with Crippen LogP contribution in [0.25, 0.3) is 0 Å². The van der Waals surface area contributed by atoms with Crippen molar-refractivity contribution < 1.29 is 0 Å². The standard InChI is InChI=1S/C13H21NS/c1-3-7-14-13-6-4-5-12(13)11-8-10(2)15-9-11/h8-9,12-14H,3-7H2,1-2H3. The van der Waals surface area contributed by atoms with Gasteiger partial charge < -0.3 is 5.32 Å². The second-order valence-corrected chi connectivity index (χ2v) is 5.70. The lowest BCUT2D eigenvalue weighted by Gasteiger charge is -2.20. The highest BCUT2D eigenvalue weighted by Crippen LogP contribution is 2.36. The van der Waals surface area contributed by atoms with Crippen molar-refractivity contribution >= 4 is 11.3 Å². The molecule has 0 saturated heterocycles. The van der Waals surface area contributed by atoms with Crippen LogP contribution in [0.15, 0.2) is 11.4 Å². The van der Waals surface area contributed by atoms with Crippen LogP contribution < -0.4 is 5.32 Å². The molecule has 1 saturated carbocycles. The summed E-state index contributed by atoms with van der Waals surface area (Å²) in [7, 11) is 0. The van der Waals surface area contributed by atoms with Gasteiger partial charge in [-0.05, 0) is 49.7 Å². The smallest absolute Gasteiger partial charge is 0.0136 e. The first-order chi connectivity index (χ1) is 7.31. The lowest BCUT2D eigenvalue weighted by Crippen LogP contribution is -2.31. The summed E-state index contributed by atoms with van der Waals surface area (Å²) >= 11 is 1.89. The summed E-state index contributed by atoms with van der Waals surface area (Å²) in [5.41, 5.74) is 1.57. The molecule has 0 amide bonds. The molecule has 0 aromatic carbocycles. The van der Waals surface area contributed by atoms with Gasteiger partial charge in [0.05, 0.1) is 0 Å². The Morgan fingerprint density at radius 1 is 1.47 bits per heavy atom. The number of hydrogen-bond donors (Lipinski definition) is 1. The maximum absolute atomic E-state index is 3.69. The highest BCUT2D eigenvalue weighted by atomic mass is 32.1. The Kier molecular flexibility index (Phi) is 3.81. The zero-order valence-corrected chi connectivity index (χ0v) is 10.6. The third-order valence-corrected chi connectivity index (χ3v) is 4.23. The molecule has 2 rings (SSSR count). The van der Waals surface area contributed by atoms with Crippen molar-refractivity contribution in [2.24, 2.45) is 0 Å². The Morgan fingerprint density at radius 2 is 2.33 bits per heavy atom. The fourth-order valence-electron chi connectivity index (χ4n) is 2.59. The summed E-state index contributed by atoms with van der Waals surface area (Å²) in [6.07, 6.45) is 5.37. The van der Waals surface area contributed by atoms with Gasteiger partial charge in [-0.1, -0.05) is 13.3 Å². The summed E-state index contributed by atoms with van der Waals surface area (Å²) in [5.74, 6) is 0.779. The normalized spacial score (nSPS) is 26.0. The Morgan fingerprint density at radius 3 is 3.00 bits per heavy atom. The van der Waals surface area contributed by atoms with Crippen LogP contribution in [0.4, 0.5) is 0 Å². The van der Waals surface area contributed by atoms with Crippen LogP contribution in [-0.2, 0) is 0 Å². The van der Waals surface area contributed by atoms with E-state index in [1.54, 1.807) is 5.56 Å². The Labute approximate surface area is 96.9 Å². The molecule has 1 aliphatic carbocycles. The second-order valence-electron chi connectivity index (χ2n) is 4.59. The number of aryl methyl sites for hydroxylation is 1. The molecule has 2 heteroatoms. The summed E-state index contributed by atoms with van der Waals surface area (Å²) in [5, 5.41) is 6.05. The van der Waals surface area contributed by atoms with Crippen molar-refractivity contribution in [2.45, 2.75) is 51.5 Å². The molecule has 84 valence electrons. The first-order valence-corrected chi connectivity index (χ1v) is 6.97. The van der Waals surface area contributed by atoms with Crippen LogP contribution >= 0.6 is 11.3 Å². The Bertz CT molecular complexity index is 305. The molecule has 1 aromatic rings. The van der Waals surface area contributed by atoms with E-state index in [0.717, 1.165) is 12.0 Å². The molecule has 2 atom stereocenters. The average molecular weight is 223 g/mol. The zero-order valence-electron chi connectivity index (χ0n) is 9.75. The molecule has 1 fully saturated rings. The van der Waals surface area contributed by atoms with Gasteiger partial charge in [-0.15, -0.1) is 11.3 Å². The largest absolute Gasteiger partial charge is 0.313 e. The maximum Gasteiger partial charge on any atom is 0.0136 e. The number of thiophene rings is 1. The predicted octanol–water partition coefficient (Wildman–Crippen LogP) is 3.69. The third-order valence-electron chi connectivity index (χ3n) is 3.35. The fourth-order valence-corrected chi connectivity index (χ4v) is 3.36. The van der Waals surface area contributed by atoms with Gasteiger partial charge in [0, 0.05) is 16.8 Å². The average Bonchev–Trinajstić information content (AvgIpc) is 2.82. The van der Waals surface area contributed by atoms with Gasteiger partial charge in [0.15, 0.2) is 0 Å². The monoisotopic (exact) mass is 223 g/mol. The lowest BCUT2D eigenvalue weighted by atomic mass is 9.96. The quantitative estimate of drug-likeness (QED) is 0.821. The van der Waals surface area contributed by atoms with Crippen LogP contribution in [0, 0.1) is 6.92 Å². The van der Waals surface area contributed by atoms with E-state index in [1.807, 2.05) is 11.3 Å². The molecule has 1 nitrogen and oxygen atoms in total. The van der Waals surface area contributed by atoms with Crippen LogP contribution in [0.2, 0.25) is 0 Å². The van der Waals surface area contributed by atoms with Gasteiger partial charge in [0.2, 0.25) is 0 Å². The van der Waals surface area contributed by atoms with Crippen LogP contribution in [0.5, 0.6) is 0 Å². The van der Waals surface area contributed by atoms with E-state index in [1.165, 1.54) is 37.1 Å². The third kappa shape index (κ3) is 2.61. The minimum Gasteiger partial charge on any atom is -0.313 e. The SMILES string of the molecule is CCCNC1CCCC1c1csc(C)c1. The molecule has 1 heterocycles. The molecule has 0 aliphatic heterocycles. The van der Waals surface area contributed by atoms with Gasteiger partial charge in [-0.25, -0.2) is 0 Å². The van der Waals surface area contributed by atoms with E-state index in [9.17, 15) is 0 Å². The Balaban J connectivity index is 2.01. The topological polar surface area (TPSA) is 12.0 Å². The van der Waals surface area contributed by atoms with Crippen molar-refractivity contribution in [3.8, 4) is 0 Å². The molecule has 1 aromatic heterocycles. The molecular formula is C13H21NS. The second kappa shape index (κ2) is 5.13. The van der Waals surface area contributed by atoms with Gasteiger partial charge >= 0.3 is 0 Å². The van der Waals surface area contributed by atoms with Gasteiger partial charge in [-0.2, -0.15) is 0 Å². The van der Waals surface area contributed by atoms with E-state index in [4.69, 9.17) is 0 Å². The molecular weight excluding hydrogens is 202 g/mol. The summed E-state index contributed by atoms with van der Waals surface area (Å²) in [6.45, 7) is 5.62. The number of rotatable bonds is 4. The van der Waals surface area contributed by atoms with Crippen molar-refractivity contribution in [2.75, 3.05) is 6.54 Å². The predicted molar refractivity (Wildman–Crippen MR) is 67.7 cm³/mol. The fraction of sp³-hybridized carbons (Fsp3) is 0.692. The van der Waals surface area contributed by atoms with Gasteiger partial charge in [-0.3, -0.25) is 0 Å². The molecule has 15 heavy (non-hydrogen) atoms. The highest BCUT2D eigenvalue weighted by molar-refractivity contribution is 7.10. The number of nitrogens with one attached hydrogen (secondary N) is 1. The van der Waals surface area contributed by atoms with Crippen molar-refractivity contribution in [1.82, 2.24) is 5.32 Å². The van der Waals surface area contributed by atoms with E-state index < -0.39 is 0 Å². The number of hydrogen-bond acceptors (Lipinski definition) is 2. The maximum atomic E-state index is 3.69. The molecule has 1 N–H and O–H groups in total. The van der Waals surface area contributed by atoms with Gasteiger partial charge in [0.1, 0.15) is 0 Å². The minimum absolute atomic E-state index is 0.735. The Hall–Kier alpha value is -0.340. The van der Waals surface area contributed by atoms with Crippen molar-refractivity contribution in [3.63, 3.8) is 0 Å². The van der Waals surface area contributed by atoms with Crippen LogP contribution in [-0.4, -0.2) is 12.6 Å². The van der Waals surface area contributed by atoms with Crippen molar-refractivity contribution in [1.29, 1.82) is 0 Å². The molecule has 1 aliphatic rings. The minimum atomic E-state index is 0.735. The first-order valence-electron chi connectivity index (χ1n) is 6.09. The van der Waals surface area contributed by atoms with Crippen LogP contribution in [0.1, 0.15) is 49.0 Å². The lowest BCUT2D eigenvalue weighted by molar-refractivity contribution is 0.479. The molecule has 0 spiro atoms. The highest BCUT2D eigenvalue weighted by Gasteiger charge is 2.28. The van der Waals surface area contributed by atoms with Crippen molar-refractivity contribution in [3.05, 3.63) is 21.9 Å². The van der Waals surface area contributed by atoms with Crippen LogP contribution in [0.3, 0.4) is 0 Å². The molecule has 0 radical (unpaired) electrons. The van der Waals surface area contributed by atoms with E-state index in [0.29, 0.717) is 0 Å².